The molecule has 2 aromatic rings. The molecule has 2 rings (SSSR count). The predicted octanol–water partition coefficient (Wildman–Crippen LogP) is 2.97. The van der Waals surface area contributed by atoms with Crippen molar-refractivity contribution in [1.29, 1.82) is 0 Å². The van der Waals surface area contributed by atoms with Gasteiger partial charge >= 0.3 is 0 Å². The minimum atomic E-state index is -0.599. The van der Waals surface area contributed by atoms with Crippen LogP contribution in [0.3, 0.4) is 0 Å². The molecule has 0 spiro atoms. The van der Waals surface area contributed by atoms with E-state index in [0.29, 0.717) is 31.3 Å². The maximum absolute atomic E-state index is 13.0. The van der Waals surface area contributed by atoms with Gasteiger partial charge in [-0.25, -0.2) is 0 Å². The van der Waals surface area contributed by atoms with Gasteiger partial charge in [0, 0.05) is 28.1 Å². The first kappa shape index (κ1) is 23.4. The summed E-state index contributed by atoms with van der Waals surface area (Å²) in [4.78, 5) is 37.7. The third-order valence-corrected chi connectivity index (χ3v) is 5.68. The van der Waals surface area contributed by atoms with E-state index in [0.717, 1.165) is 17.8 Å². The van der Waals surface area contributed by atoms with Crippen LogP contribution < -0.4 is 20.1 Å². The lowest BCUT2D eigenvalue weighted by atomic mass is 9.91. The molecule has 5 nitrogen and oxygen atoms in total. The fraction of sp³-hybridized carbons (Fsp3) is 0.381. The number of ketones is 1. The van der Waals surface area contributed by atoms with Crippen LogP contribution in [0.2, 0.25) is 10.0 Å². The van der Waals surface area contributed by atoms with E-state index in [1.54, 1.807) is 45.0 Å². The first-order valence-corrected chi connectivity index (χ1v) is 10.8. The maximum atomic E-state index is 13.0. The highest BCUT2D eigenvalue weighted by Crippen LogP contribution is 2.21. The number of hydrogen-bond acceptors (Lipinski definition) is 4. The number of rotatable bonds is 6. The summed E-state index contributed by atoms with van der Waals surface area (Å²) >= 11 is 13.3. The summed E-state index contributed by atoms with van der Waals surface area (Å²) in [6.07, 6.45) is 3.87. The fourth-order valence-corrected chi connectivity index (χ4v) is 3.84. The molecular formula is C21H24Cl2N2O3S. The standard InChI is InChI=1S/C21H24Cl2N2O3S/c1-5-8-24-18(27)12-25-19(11-17(26)21(2,3)4)29-16(20(25)28)9-13-6-7-14(22)10-15(13)23/h6-7,9-11H,5,8,12H2,1-4H3,(H,24,27)/b16-9+,19-11-. The lowest BCUT2D eigenvalue weighted by Crippen LogP contribution is -2.38. The van der Waals surface area contributed by atoms with Crippen LogP contribution in [0.25, 0.3) is 12.2 Å². The van der Waals surface area contributed by atoms with Crippen molar-refractivity contribution in [2.75, 3.05) is 6.54 Å². The Bertz CT molecular complexity index is 1090. The van der Waals surface area contributed by atoms with Crippen molar-refractivity contribution >= 4 is 58.4 Å². The Labute approximate surface area is 183 Å². The van der Waals surface area contributed by atoms with Gasteiger partial charge in [-0.05, 0) is 30.2 Å². The van der Waals surface area contributed by atoms with Crippen LogP contribution in [0.1, 0.15) is 39.7 Å². The number of amides is 1. The number of nitrogens with one attached hydrogen (secondary N) is 1. The quantitative estimate of drug-likeness (QED) is 0.729. The smallest absolute Gasteiger partial charge is 0.269 e. The van der Waals surface area contributed by atoms with E-state index in [4.69, 9.17) is 23.2 Å². The number of aromatic nitrogens is 1. The van der Waals surface area contributed by atoms with Crippen molar-refractivity contribution < 1.29 is 9.59 Å². The number of thiazole rings is 1. The molecule has 0 saturated heterocycles. The molecule has 8 heteroatoms. The van der Waals surface area contributed by atoms with Crippen molar-refractivity contribution in [2.24, 2.45) is 5.41 Å². The van der Waals surface area contributed by atoms with E-state index in [1.807, 2.05) is 6.92 Å². The van der Waals surface area contributed by atoms with Gasteiger partial charge in [-0.2, -0.15) is 0 Å². The van der Waals surface area contributed by atoms with Gasteiger partial charge in [-0.15, -0.1) is 11.3 Å². The molecular weight excluding hydrogens is 431 g/mol. The molecule has 1 aromatic carbocycles. The van der Waals surface area contributed by atoms with Gasteiger partial charge in [0.25, 0.3) is 5.56 Å². The number of benzene rings is 1. The summed E-state index contributed by atoms with van der Waals surface area (Å²) in [5.74, 6) is -0.404. The summed E-state index contributed by atoms with van der Waals surface area (Å²) in [6, 6.07) is 4.99. The Hall–Kier alpha value is -1.89. The maximum Gasteiger partial charge on any atom is 0.269 e. The molecule has 0 fully saturated rings. The van der Waals surface area contributed by atoms with Crippen molar-refractivity contribution in [3.05, 3.63) is 53.4 Å². The summed E-state index contributed by atoms with van der Waals surface area (Å²) in [7, 11) is 0. The normalized spacial score (nSPS) is 13.0. The van der Waals surface area contributed by atoms with E-state index in [1.165, 1.54) is 10.6 Å². The molecule has 1 N–H and O–H groups in total. The predicted molar refractivity (Wildman–Crippen MR) is 120 cm³/mol. The Kier molecular flexibility index (Phi) is 7.86. The summed E-state index contributed by atoms with van der Waals surface area (Å²) in [6.45, 7) is 7.72. The molecule has 1 aromatic heterocycles. The molecule has 1 amide bonds. The molecule has 0 aliphatic carbocycles. The Morgan fingerprint density at radius 1 is 1.24 bits per heavy atom. The third kappa shape index (κ3) is 6.29. The van der Waals surface area contributed by atoms with Crippen LogP contribution in [-0.4, -0.2) is 22.8 Å². The lowest BCUT2D eigenvalue weighted by Gasteiger charge is -2.12. The first-order chi connectivity index (χ1) is 13.5. The van der Waals surface area contributed by atoms with Gasteiger partial charge in [0.05, 0.1) is 4.53 Å². The van der Waals surface area contributed by atoms with E-state index in [2.05, 4.69) is 5.32 Å². The molecule has 0 bridgehead atoms. The molecule has 0 saturated carbocycles. The minimum absolute atomic E-state index is 0.127. The average Bonchev–Trinajstić information content (AvgIpc) is 2.90. The van der Waals surface area contributed by atoms with Gasteiger partial charge in [0.2, 0.25) is 5.91 Å². The molecule has 1 heterocycles. The highest BCUT2D eigenvalue weighted by molar-refractivity contribution is 7.07. The second-order valence-corrected chi connectivity index (χ2v) is 9.52. The molecule has 156 valence electrons. The number of carbonyl (C=O) groups excluding carboxylic acids is 2. The van der Waals surface area contributed by atoms with E-state index < -0.39 is 5.41 Å². The van der Waals surface area contributed by atoms with Crippen LogP contribution in [0.15, 0.2) is 23.0 Å². The Balaban J connectivity index is 2.63. The molecule has 0 unspecified atom stereocenters. The SMILES string of the molecule is CCCNC(=O)Cn1c(=O)/c(=C\c2ccc(Cl)cc2Cl)s/c1=C\C(=O)C(C)(C)C. The van der Waals surface area contributed by atoms with Crippen molar-refractivity contribution in [1.82, 2.24) is 9.88 Å². The second-order valence-electron chi connectivity index (χ2n) is 7.61. The number of nitrogens with zero attached hydrogens (tertiary/aromatic N) is 1. The van der Waals surface area contributed by atoms with Crippen LogP contribution in [0.5, 0.6) is 0 Å². The van der Waals surface area contributed by atoms with E-state index in [9.17, 15) is 14.4 Å². The highest BCUT2D eigenvalue weighted by Gasteiger charge is 2.20. The Morgan fingerprint density at radius 2 is 1.93 bits per heavy atom. The highest BCUT2D eigenvalue weighted by atomic mass is 35.5. The molecule has 0 aliphatic rings. The summed E-state index contributed by atoms with van der Waals surface area (Å²) in [5, 5.41) is 3.66. The van der Waals surface area contributed by atoms with Crippen molar-refractivity contribution in [3.8, 4) is 0 Å². The van der Waals surface area contributed by atoms with Crippen LogP contribution in [0, 0.1) is 5.41 Å². The van der Waals surface area contributed by atoms with Gasteiger partial charge in [-0.1, -0.05) is 57.0 Å². The molecule has 0 atom stereocenters. The number of Topliss-reactive ketones (excluding diaryl/α,β-unsaturated/α-hetero) is 1. The number of carbonyl (C=O) groups is 2. The second kappa shape index (κ2) is 9.74. The lowest BCUT2D eigenvalue weighted by molar-refractivity contribution is -0.122. The van der Waals surface area contributed by atoms with E-state index >= 15 is 0 Å². The number of halogens is 2. The zero-order valence-electron chi connectivity index (χ0n) is 16.8. The van der Waals surface area contributed by atoms with Gasteiger partial charge in [0.15, 0.2) is 5.78 Å². The van der Waals surface area contributed by atoms with Crippen LogP contribution in [0.4, 0.5) is 0 Å². The zero-order chi connectivity index (χ0) is 21.8. The van der Waals surface area contributed by atoms with Crippen molar-refractivity contribution in [2.45, 2.75) is 40.7 Å². The van der Waals surface area contributed by atoms with Crippen molar-refractivity contribution in [3.63, 3.8) is 0 Å². The summed E-state index contributed by atoms with van der Waals surface area (Å²) < 4.78 is 2.14. The monoisotopic (exact) mass is 454 g/mol. The van der Waals surface area contributed by atoms with E-state index in [-0.39, 0.29) is 23.8 Å². The van der Waals surface area contributed by atoms with Gasteiger partial charge in [0.1, 0.15) is 11.2 Å². The summed E-state index contributed by atoms with van der Waals surface area (Å²) in [5.41, 5.74) is -0.315. The number of hydrogen-bond donors (Lipinski definition) is 1. The molecule has 0 radical (unpaired) electrons. The molecule has 29 heavy (non-hydrogen) atoms. The van der Waals surface area contributed by atoms with Crippen LogP contribution >= 0.6 is 34.5 Å². The Morgan fingerprint density at radius 3 is 2.52 bits per heavy atom. The first-order valence-electron chi connectivity index (χ1n) is 9.22. The third-order valence-electron chi connectivity index (χ3n) is 4.05. The topological polar surface area (TPSA) is 68.2 Å². The fourth-order valence-electron chi connectivity index (χ4n) is 2.35. The zero-order valence-corrected chi connectivity index (χ0v) is 19.2. The molecule has 0 aliphatic heterocycles. The average molecular weight is 455 g/mol. The van der Waals surface area contributed by atoms with Crippen LogP contribution in [-0.2, 0) is 16.1 Å². The van der Waals surface area contributed by atoms with Gasteiger partial charge in [-0.3, -0.25) is 19.0 Å². The van der Waals surface area contributed by atoms with Gasteiger partial charge < -0.3 is 5.32 Å². The largest absolute Gasteiger partial charge is 0.355 e. The minimum Gasteiger partial charge on any atom is -0.355 e.